The molecule has 1 N–H and O–H groups in total. The minimum Gasteiger partial charge on any atom is -0.330 e. The fraction of sp³-hybridized carbons (Fsp3) is 0.462. The van der Waals surface area contributed by atoms with Crippen LogP contribution in [0.5, 0.6) is 0 Å². The molecular weight excluding hydrogens is 271 g/mol. The smallest absolute Gasteiger partial charge is 0.178 e. The number of hydrogen-bond donors (Lipinski definition) is 1. The van der Waals surface area contributed by atoms with Crippen molar-refractivity contribution in [2.75, 3.05) is 0 Å². The van der Waals surface area contributed by atoms with Crippen LogP contribution >= 0.6 is 23.8 Å². The van der Waals surface area contributed by atoms with E-state index in [-0.39, 0.29) is 11.1 Å². The van der Waals surface area contributed by atoms with Gasteiger partial charge < -0.3 is 9.55 Å². The Morgan fingerprint density at radius 1 is 1.44 bits per heavy atom. The molecule has 2 atom stereocenters. The normalized spacial score (nSPS) is 14.9. The molecule has 1 heterocycles. The average Bonchev–Trinajstić information content (AvgIpc) is 2.63. The molecule has 0 aliphatic heterocycles. The van der Waals surface area contributed by atoms with Gasteiger partial charge in [-0.2, -0.15) is 0 Å². The van der Waals surface area contributed by atoms with E-state index in [2.05, 4.69) is 25.8 Å². The van der Waals surface area contributed by atoms with Crippen molar-refractivity contribution < 1.29 is 4.39 Å². The van der Waals surface area contributed by atoms with Crippen LogP contribution in [0.1, 0.15) is 33.2 Å². The molecule has 1 aromatic heterocycles. The van der Waals surface area contributed by atoms with Gasteiger partial charge in [-0.1, -0.05) is 31.9 Å². The second kappa shape index (κ2) is 5.02. The van der Waals surface area contributed by atoms with Crippen LogP contribution in [0.25, 0.3) is 11.0 Å². The maximum Gasteiger partial charge on any atom is 0.178 e. The second-order valence-electron chi connectivity index (χ2n) is 4.71. The van der Waals surface area contributed by atoms with Gasteiger partial charge in [0.05, 0.1) is 16.1 Å². The Labute approximate surface area is 116 Å². The zero-order chi connectivity index (χ0) is 13.4. The van der Waals surface area contributed by atoms with Crippen LogP contribution in [0.4, 0.5) is 4.39 Å². The molecule has 2 nitrogen and oxygen atoms in total. The number of aromatic amines is 1. The SMILES string of the molecule is CCC(C)C(C)n1c(=S)[nH]c2cc(F)c(Cl)cc21. The van der Waals surface area contributed by atoms with E-state index in [0.717, 1.165) is 11.9 Å². The van der Waals surface area contributed by atoms with Gasteiger partial charge in [0.15, 0.2) is 4.77 Å². The zero-order valence-corrected chi connectivity index (χ0v) is 12.2. The summed E-state index contributed by atoms with van der Waals surface area (Å²) in [7, 11) is 0. The van der Waals surface area contributed by atoms with E-state index in [0.29, 0.717) is 16.2 Å². The van der Waals surface area contributed by atoms with Gasteiger partial charge in [-0.25, -0.2) is 4.39 Å². The number of benzene rings is 1. The Morgan fingerprint density at radius 2 is 2.11 bits per heavy atom. The molecule has 98 valence electrons. The average molecular weight is 287 g/mol. The molecule has 0 saturated heterocycles. The lowest BCUT2D eigenvalue weighted by Gasteiger charge is -2.20. The van der Waals surface area contributed by atoms with Crippen molar-refractivity contribution in [1.29, 1.82) is 0 Å². The largest absolute Gasteiger partial charge is 0.330 e. The van der Waals surface area contributed by atoms with Gasteiger partial charge in [0.2, 0.25) is 0 Å². The molecule has 0 fully saturated rings. The van der Waals surface area contributed by atoms with Crippen molar-refractivity contribution in [2.45, 2.75) is 33.2 Å². The summed E-state index contributed by atoms with van der Waals surface area (Å²) in [5, 5.41) is 0.126. The topological polar surface area (TPSA) is 20.7 Å². The fourth-order valence-electron chi connectivity index (χ4n) is 2.12. The summed E-state index contributed by atoms with van der Waals surface area (Å²) < 4.78 is 16.0. The first-order chi connectivity index (χ1) is 8.45. The van der Waals surface area contributed by atoms with Crippen LogP contribution < -0.4 is 0 Å². The molecule has 0 aliphatic rings. The number of H-pyrrole nitrogens is 1. The molecule has 0 amide bonds. The van der Waals surface area contributed by atoms with Gasteiger partial charge in [-0.05, 0) is 31.1 Å². The molecular formula is C13H16ClFN2S. The van der Waals surface area contributed by atoms with Crippen molar-refractivity contribution in [3.63, 3.8) is 0 Å². The number of rotatable bonds is 3. The van der Waals surface area contributed by atoms with Crippen molar-refractivity contribution in [3.8, 4) is 0 Å². The van der Waals surface area contributed by atoms with Crippen molar-refractivity contribution in [2.24, 2.45) is 5.92 Å². The molecule has 2 unspecified atom stereocenters. The Bertz CT molecular complexity index is 632. The van der Waals surface area contributed by atoms with Crippen LogP contribution in [-0.2, 0) is 0 Å². The molecule has 5 heteroatoms. The Morgan fingerprint density at radius 3 is 2.72 bits per heavy atom. The summed E-state index contributed by atoms with van der Waals surface area (Å²) in [5.74, 6) is 0.0586. The van der Waals surface area contributed by atoms with E-state index >= 15 is 0 Å². The molecule has 0 bridgehead atoms. The maximum atomic E-state index is 13.4. The van der Waals surface area contributed by atoms with Gasteiger partial charge in [-0.3, -0.25) is 0 Å². The van der Waals surface area contributed by atoms with E-state index in [9.17, 15) is 4.39 Å². The quantitative estimate of drug-likeness (QED) is 0.779. The third-order valence-electron chi connectivity index (χ3n) is 3.63. The summed E-state index contributed by atoms with van der Waals surface area (Å²) in [6, 6.07) is 3.28. The summed E-state index contributed by atoms with van der Waals surface area (Å²) in [6.07, 6.45) is 1.06. The Hall–Kier alpha value is -0.870. The highest BCUT2D eigenvalue weighted by Crippen LogP contribution is 2.29. The summed E-state index contributed by atoms with van der Waals surface area (Å²) in [5.41, 5.74) is 1.55. The first-order valence-corrected chi connectivity index (χ1v) is 6.83. The lowest BCUT2D eigenvalue weighted by atomic mass is 10.0. The van der Waals surface area contributed by atoms with E-state index in [1.165, 1.54) is 6.07 Å². The first kappa shape index (κ1) is 13.6. The molecule has 2 aromatic rings. The number of nitrogens with one attached hydrogen (secondary N) is 1. The summed E-state index contributed by atoms with van der Waals surface area (Å²) in [6.45, 7) is 6.44. The number of aromatic nitrogens is 2. The first-order valence-electron chi connectivity index (χ1n) is 6.05. The lowest BCUT2D eigenvalue weighted by molar-refractivity contribution is 0.374. The third-order valence-corrected chi connectivity index (χ3v) is 4.22. The van der Waals surface area contributed by atoms with Gasteiger partial charge in [-0.15, -0.1) is 0 Å². The Kier molecular flexibility index (Phi) is 3.78. The monoisotopic (exact) mass is 286 g/mol. The van der Waals surface area contributed by atoms with Gasteiger partial charge in [0.1, 0.15) is 5.82 Å². The highest BCUT2D eigenvalue weighted by atomic mass is 35.5. The predicted octanol–water partition coefficient (Wildman–Crippen LogP) is 5.10. The van der Waals surface area contributed by atoms with Crippen LogP contribution in [0.3, 0.4) is 0 Å². The van der Waals surface area contributed by atoms with Crippen LogP contribution in [-0.4, -0.2) is 9.55 Å². The van der Waals surface area contributed by atoms with E-state index < -0.39 is 5.82 Å². The Balaban J connectivity index is 2.67. The predicted molar refractivity (Wildman–Crippen MR) is 76.3 cm³/mol. The number of hydrogen-bond acceptors (Lipinski definition) is 1. The number of fused-ring (bicyclic) bond motifs is 1. The molecule has 18 heavy (non-hydrogen) atoms. The maximum absolute atomic E-state index is 13.4. The standard InChI is InChI=1S/C13H16ClFN2S/c1-4-7(2)8(3)17-12-5-9(14)10(15)6-11(12)16-13(17)18/h5-8H,4H2,1-3H3,(H,16,18). The molecule has 0 spiro atoms. The minimum atomic E-state index is -0.427. The fourth-order valence-corrected chi connectivity index (χ4v) is 2.65. The highest BCUT2D eigenvalue weighted by molar-refractivity contribution is 7.71. The van der Waals surface area contributed by atoms with Crippen LogP contribution in [0.2, 0.25) is 5.02 Å². The molecule has 0 aliphatic carbocycles. The van der Waals surface area contributed by atoms with E-state index in [1.807, 2.05) is 4.57 Å². The van der Waals surface area contributed by atoms with Crippen LogP contribution in [0.15, 0.2) is 12.1 Å². The van der Waals surface area contributed by atoms with Crippen molar-refractivity contribution >= 4 is 34.9 Å². The van der Waals surface area contributed by atoms with Gasteiger partial charge >= 0.3 is 0 Å². The number of nitrogens with zero attached hydrogens (tertiary/aromatic N) is 1. The number of halogens is 2. The van der Waals surface area contributed by atoms with Gasteiger partial charge in [0.25, 0.3) is 0 Å². The van der Waals surface area contributed by atoms with E-state index in [4.69, 9.17) is 23.8 Å². The highest BCUT2D eigenvalue weighted by Gasteiger charge is 2.17. The second-order valence-corrected chi connectivity index (χ2v) is 5.50. The minimum absolute atomic E-state index is 0.126. The van der Waals surface area contributed by atoms with E-state index in [1.54, 1.807) is 6.07 Å². The zero-order valence-electron chi connectivity index (χ0n) is 10.6. The summed E-state index contributed by atoms with van der Waals surface area (Å²) in [4.78, 5) is 3.03. The number of imidazole rings is 1. The molecule has 2 rings (SSSR count). The molecule has 0 radical (unpaired) electrons. The van der Waals surface area contributed by atoms with Gasteiger partial charge in [0, 0.05) is 12.1 Å². The lowest BCUT2D eigenvalue weighted by Crippen LogP contribution is -2.13. The molecule has 1 aromatic carbocycles. The van der Waals surface area contributed by atoms with Crippen molar-refractivity contribution in [3.05, 3.63) is 27.7 Å². The summed E-state index contributed by atoms with van der Waals surface area (Å²) >= 11 is 11.2. The van der Waals surface area contributed by atoms with Crippen molar-refractivity contribution in [1.82, 2.24) is 9.55 Å². The molecule has 0 saturated carbocycles. The van der Waals surface area contributed by atoms with Crippen LogP contribution in [0, 0.1) is 16.5 Å². The third kappa shape index (κ3) is 2.19.